The first kappa shape index (κ1) is 18.9. The van der Waals surface area contributed by atoms with Gasteiger partial charge in [0.2, 0.25) is 0 Å². The van der Waals surface area contributed by atoms with Crippen molar-refractivity contribution in [2.24, 2.45) is 5.92 Å². The van der Waals surface area contributed by atoms with Crippen molar-refractivity contribution < 1.29 is 13.6 Å². The third kappa shape index (κ3) is 3.88. The summed E-state index contributed by atoms with van der Waals surface area (Å²) >= 11 is 0. The number of rotatable bonds is 4. The molecule has 4 rings (SSSR count). The van der Waals surface area contributed by atoms with Crippen LogP contribution in [0.5, 0.6) is 0 Å². The standard InChI is InChI=1S/C21H26F2N4O/c1-13-10-20(25-27(13)14(2)15-5-6-15)24-21(28)26-9-3-4-17(12-26)16-7-8-18(22)19(23)11-16/h7-8,10-11,14-15,17H,3-6,9,12H2,1-2H3,(H,24,25,28). The molecule has 2 fully saturated rings. The molecule has 2 atom stereocenters. The van der Waals surface area contributed by atoms with Gasteiger partial charge in [-0.3, -0.25) is 10.00 Å². The minimum Gasteiger partial charge on any atom is -0.324 e. The van der Waals surface area contributed by atoms with E-state index in [4.69, 9.17) is 0 Å². The van der Waals surface area contributed by atoms with Crippen LogP contribution < -0.4 is 5.32 Å². The summed E-state index contributed by atoms with van der Waals surface area (Å²) in [7, 11) is 0. The minimum absolute atomic E-state index is 0.00350. The minimum atomic E-state index is -0.847. The number of hydrogen-bond donors (Lipinski definition) is 1. The summed E-state index contributed by atoms with van der Waals surface area (Å²) in [5, 5.41) is 7.47. The second-order valence-electron chi connectivity index (χ2n) is 8.08. The molecule has 1 N–H and O–H groups in total. The van der Waals surface area contributed by atoms with E-state index < -0.39 is 11.6 Å². The Bertz CT molecular complexity index is 877. The van der Waals surface area contributed by atoms with Gasteiger partial charge in [0.25, 0.3) is 0 Å². The number of hydrogen-bond acceptors (Lipinski definition) is 2. The van der Waals surface area contributed by atoms with Crippen molar-refractivity contribution in [3.8, 4) is 0 Å². The summed E-state index contributed by atoms with van der Waals surface area (Å²) in [5.41, 5.74) is 1.77. The van der Waals surface area contributed by atoms with E-state index in [1.165, 1.54) is 18.9 Å². The maximum Gasteiger partial charge on any atom is 0.323 e. The van der Waals surface area contributed by atoms with Crippen LogP contribution in [0.25, 0.3) is 0 Å². The van der Waals surface area contributed by atoms with E-state index in [-0.39, 0.29) is 11.9 Å². The molecule has 1 aliphatic heterocycles. The zero-order chi connectivity index (χ0) is 19.8. The second kappa shape index (κ2) is 7.53. The number of nitrogens with one attached hydrogen (secondary N) is 1. The number of benzene rings is 1. The number of nitrogens with zero attached hydrogens (tertiary/aromatic N) is 3. The number of urea groups is 1. The smallest absolute Gasteiger partial charge is 0.323 e. The lowest BCUT2D eigenvalue weighted by Crippen LogP contribution is -2.41. The highest BCUT2D eigenvalue weighted by atomic mass is 19.2. The van der Waals surface area contributed by atoms with E-state index in [9.17, 15) is 13.6 Å². The van der Waals surface area contributed by atoms with Gasteiger partial charge in [-0.1, -0.05) is 6.07 Å². The van der Waals surface area contributed by atoms with E-state index in [1.807, 2.05) is 17.7 Å². The Morgan fingerprint density at radius 2 is 2.00 bits per heavy atom. The number of carbonyl (C=O) groups is 1. The number of halogens is 2. The van der Waals surface area contributed by atoms with Crippen LogP contribution in [0.1, 0.15) is 55.8 Å². The molecule has 1 aromatic carbocycles. The maximum atomic E-state index is 13.6. The first-order chi connectivity index (χ1) is 13.4. The summed E-state index contributed by atoms with van der Waals surface area (Å²) in [6, 6.07) is 6.04. The predicted molar refractivity (Wildman–Crippen MR) is 103 cm³/mol. The van der Waals surface area contributed by atoms with Gasteiger partial charge in [-0.25, -0.2) is 13.6 Å². The number of anilines is 1. The Balaban J connectivity index is 1.41. The fraction of sp³-hybridized carbons (Fsp3) is 0.524. The van der Waals surface area contributed by atoms with Crippen LogP contribution in [-0.2, 0) is 0 Å². The van der Waals surface area contributed by atoms with Crippen molar-refractivity contribution in [3.63, 3.8) is 0 Å². The Hall–Kier alpha value is -2.44. The average Bonchev–Trinajstić information content (AvgIpc) is 3.47. The van der Waals surface area contributed by atoms with Crippen molar-refractivity contribution in [3.05, 3.63) is 47.2 Å². The highest BCUT2D eigenvalue weighted by Gasteiger charge is 2.31. The van der Waals surface area contributed by atoms with Crippen molar-refractivity contribution in [2.45, 2.75) is 51.5 Å². The summed E-state index contributed by atoms with van der Waals surface area (Å²) in [6.07, 6.45) is 4.15. The van der Waals surface area contributed by atoms with Crippen LogP contribution in [0.4, 0.5) is 19.4 Å². The van der Waals surface area contributed by atoms with Gasteiger partial charge >= 0.3 is 6.03 Å². The van der Waals surface area contributed by atoms with Gasteiger partial charge in [-0.2, -0.15) is 5.10 Å². The van der Waals surface area contributed by atoms with Gasteiger partial charge in [0.1, 0.15) is 0 Å². The van der Waals surface area contributed by atoms with Crippen LogP contribution >= 0.6 is 0 Å². The van der Waals surface area contributed by atoms with Gasteiger partial charge in [0.15, 0.2) is 17.5 Å². The normalized spacial score (nSPS) is 20.9. The topological polar surface area (TPSA) is 50.2 Å². The second-order valence-corrected chi connectivity index (χ2v) is 8.08. The number of aryl methyl sites for hydroxylation is 1. The molecule has 28 heavy (non-hydrogen) atoms. The van der Waals surface area contributed by atoms with Crippen molar-refractivity contribution in [1.29, 1.82) is 0 Å². The van der Waals surface area contributed by atoms with E-state index >= 15 is 0 Å². The molecular weight excluding hydrogens is 362 g/mol. The zero-order valence-corrected chi connectivity index (χ0v) is 16.3. The number of aromatic nitrogens is 2. The number of amides is 2. The molecule has 0 bridgehead atoms. The van der Waals surface area contributed by atoms with Crippen LogP contribution in [0, 0.1) is 24.5 Å². The SMILES string of the molecule is Cc1cc(NC(=O)N2CCCC(c3ccc(F)c(F)c3)C2)nn1C(C)C1CC1. The lowest BCUT2D eigenvalue weighted by molar-refractivity contribution is 0.192. The summed E-state index contributed by atoms with van der Waals surface area (Å²) in [6.45, 7) is 5.29. The highest BCUT2D eigenvalue weighted by molar-refractivity contribution is 5.88. The Morgan fingerprint density at radius 3 is 2.71 bits per heavy atom. The molecule has 1 saturated heterocycles. The van der Waals surface area contributed by atoms with Gasteiger partial charge in [-0.15, -0.1) is 0 Å². The molecule has 2 unspecified atom stereocenters. The van der Waals surface area contributed by atoms with Crippen molar-refractivity contribution in [1.82, 2.24) is 14.7 Å². The monoisotopic (exact) mass is 388 g/mol. The van der Waals surface area contributed by atoms with Crippen LogP contribution in [-0.4, -0.2) is 33.8 Å². The molecule has 1 aliphatic carbocycles. The van der Waals surface area contributed by atoms with Gasteiger partial charge < -0.3 is 4.90 Å². The van der Waals surface area contributed by atoms with Crippen molar-refractivity contribution in [2.75, 3.05) is 18.4 Å². The fourth-order valence-electron chi connectivity index (χ4n) is 4.13. The Labute approximate surface area is 163 Å². The number of likely N-dealkylation sites (tertiary alicyclic amines) is 1. The molecule has 2 aromatic rings. The molecule has 2 aliphatic rings. The highest BCUT2D eigenvalue weighted by Crippen LogP contribution is 2.39. The Kier molecular flexibility index (Phi) is 5.08. The zero-order valence-electron chi connectivity index (χ0n) is 16.3. The summed E-state index contributed by atoms with van der Waals surface area (Å²) < 4.78 is 28.8. The van der Waals surface area contributed by atoms with Gasteiger partial charge in [0.05, 0.1) is 6.04 Å². The third-order valence-corrected chi connectivity index (χ3v) is 5.97. The van der Waals surface area contributed by atoms with Gasteiger partial charge in [0, 0.05) is 30.8 Å². The quantitative estimate of drug-likeness (QED) is 0.814. The van der Waals surface area contributed by atoms with E-state index in [1.54, 1.807) is 11.0 Å². The first-order valence-electron chi connectivity index (χ1n) is 9.99. The van der Waals surface area contributed by atoms with Crippen LogP contribution in [0.3, 0.4) is 0 Å². The van der Waals surface area contributed by atoms with E-state index in [0.29, 0.717) is 30.9 Å². The first-order valence-corrected chi connectivity index (χ1v) is 9.99. The van der Waals surface area contributed by atoms with Gasteiger partial charge in [-0.05, 0) is 63.1 Å². The molecule has 1 aromatic heterocycles. The lowest BCUT2D eigenvalue weighted by atomic mass is 9.90. The predicted octanol–water partition coefficient (Wildman–Crippen LogP) is 4.85. The maximum absolute atomic E-state index is 13.6. The third-order valence-electron chi connectivity index (χ3n) is 5.97. The van der Waals surface area contributed by atoms with E-state index in [0.717, 1.165) is 30.2 Å². The molecule has 2 amide bonds. The van der Waals surface area contributed by atoms with Crippen molar-refractivity contribution >= 4 is 11.8 Å². The number of carbonyl (C=O) groups excluding carboxylic acids is 1. The fourth-order valence-corrected chi connectivity index (χ4v) is 4.13. The summed E-state index contributed by atoms with van der Waals surface area (Å²) in [5.74, 6) is -0.444. The molecule has 5 nitrogen and oxygen atoms in total. The largest absolute Gasteiger partial charge is 0.324 e. The molecular formula is C21H26F2N4O. The van der Waals surface area contributed by atoms with E-state index in [2.05, 4.69) is 17.3 Å². The molecule has 7 heteroatoms. The molecule has 0 radical (unpaired) electrons. The average molecular weight is 388 g/mol. The van der Waals surface area contributed by atoms with Crippen LogP contribution in [0.2, 0.25) is 0 Å². The van der Waals surface area contributed by atoms with Crippen LogP contribution in [0.15, 0.2) is 24.3 Å². The molecule has 0 spiro atoms. The lowest BCUT2D eigenvalue weighted by Gasteiger charge is -2.32. The Morgan fingerprint density at radius 1 is 1.21 bits per heavy atom. The molecule has 150 valence electrons. The summed E-state index contributed by atoms with van der Waals surface area (Å²) in [4.78, 5) is 14.5. The number of piperidine rings is 1. The molecule has 1 saturated carbocycles. The molecule has 2 heterocycles.